The van der Waals surface area contributed by atoms with E-state index in [2.05, 4.69) is 9.97 Å². The van der Waals surface area contributed by atoms with E-state index in [1.165, 1.54) is 0 Å². The normalized spacial score (nSPS) is 11.0. The van der Waals surface area contributed by atoms with Gasteiger partial charge in [0.25, 0.3) is 5.56 Å². The molecule has 0 aliphatic carbocycles. The van der Waals surface area contributed by atoms with Gasteiger partial charge in [-0.1, -0.05) is 36.4 Å². The van der Waals surface area contributed by atoms with Crippen molar-refractivity contribution in [2.75, 3.05) is 0 Å². The lowest BCUT2D eigenvalue weighted by atomic mass is 10.1. The lowest BCUT2D eigenvalue weighted by Gasteiger charge is -2.09. The van der Waals surface area contributed by atoms with Crippen molar-refractivity contribution in [3.63, 3.8) is 0 Å². The van der Waals surface area contributed by atoms with Crippen LogP contribution < -0.4 is 10.3 Å². The fraction of sp³-hybridized carbons (Fsp3) is 0.0476. The van der Waals surface area contributed by atoms with Gasteiger partial charge in [-0.25, -0.2) is 13.8 Å². The Morgan fingerprint density at radius 2 is 1.64 bits per heavy atom. The van der Waals surface area contributed by atoms with Crippen LogP contribution in [0.5, 0.6) is 5.75 Å². The summed E-state index contributed by atoms with van der Waals surface area (Å²) in [5.41, 5.74) is 1.71. The van der Waals surface area contributed by atoms with Crippen molar-refractivity contribution in [3.05, 3.63) is 94.0 Å². The van der Waals surface area contributed by atoms with Crippen LogP contribution in [0.15, 0.2) is 65.5 Å². The number of aromatic nitrogens is 2. The summed E-state index contributed by atoms with van der Waals surface area (Å²) in [6, 6.07) is 15.7. The molecule has 0 amide bonds. The maximum absolute atomic E-state index is 13.6. The molecule has 140 valence electrons. The molecule has 0 saturated carbocycles. The minimum Gasteiger partial charge on any atom is -0.486 e. The van der Waals surface area contributed by atoms with Gasteiger partial charge in [-0.05, 0) is 29.8 Å². The molecule has 0 atom stereocenters. The second-order valence-electron chi connectivity index (χ2n) is 6.09. The standard InChI is InChI=1S/C21H13F3N2O2/c22-15-9-10-17(19(24)18(15)23)28-11-12-5-7-13(8-6-12)20-25-16-4-2-1-3-14(16)21(27)26-20/h1-10H,11H2,(H,25,26,27). The molecule has 1 N–H and O–H groups in total. The van der Waals surface area contributed by atoms with Crippen LogP contribution in [0.2, 0.25) is 0 Å². The van der Waals surface area contributed by atoms with Crippen molar-refractivity contribution in [1.29, 1.82) is 0 Å². The molecule has 4 nitrogen and oxygen atoms in total. The summed E-state index contributed by atoms with van der Waals surface area (Å²) in [7, 11) is 0. The van der Waals surface area contributed by atoms with Crippen LogP contribution in [-0.4, -0.2) is 9.97 Å². The largest absolute Gasteiger partial charge is 0.486 e. The van der Waals surface area contributed by atoms with Crippen molar-refractivity contribution in [2.24, 2.45) is 0 Å². The van der Waals surface area contributed by atoms with E-state index in [0.717, 1.165) is 12.1 Å². The SMILES string of the molecule is O=c1[nH]c(-c2ccc(COc3ccc(F)c(F)c3F)cc2)nc2ccccc12. The number of ether oxygens (including phenoxy) is 1. The van der Waals surface area contributed by atoms with Gasteiger partial charge in [-0.2, -0.15) is 4.39 Å². The van der Waals surface area contributed by atoms with E-state index in [0.29, 0.717) is 27.9 Å². The molecule has 0 fully saturated rings. The molecule has 0 unspecified atom stereocenters. The van der Waals surface area contributed by atoms with E-state index in [-0.39, 0.29) is 17.9 Å². The van der Waals surface area contributed by atoms with E-state index in [9.17, 15) is 18.0 Å². The Morgan fingerprint density at radius 3 is 2.43 bits per heavy atom. The molecule has 4 aromatic rings. The summed E-state index contributed by atoms with van der Waals surface area (Å²) in [5.74, 6) is -4.16. The van der Waals surface area contributed by atoms with Gasteiger partial charge in [0.1, 0.15) is 12.4 Å². The minimum atomic E-state index is -1.57. The van der Waals surface area contributed by atoms with Crippen LogP contribution in [0.1, 0.15) is 5.56 Å². The van der Waals surface area contributed by atoms with E-state index in [1.54, 1.807) is 48.5 Å². The fourth-order valence-electron chi connectivity index (χ4n) is 2.76. The average Bonchev–Trinajstić information content (AvgIpc) is 2.72. The summed E-state index contributed by atoms with van der Waals surface area (Å²) < 4.78 is 45.0. The van der Waals surface area contributed by atoms with Gasteiger partial charge in [0, 0.05) is 5.56 Å². The van der Waals surface area contributed by atoms with Gasteiger partial charge in [0.05, 0.1) is 10.9 Å². The Bertz CT molecular complexity index is 1220. The Balaban J connectivity index is 1.55. The molecule has 0 aliphatic heterocycles. The molecular weight excluding hydrogens is 369 g/mol. The van der Waals surface area contributed by atoms with Crippen molar-refractivity contribution in [1.82, 2.24) is 9.97 Å². The first kappa shape index (κ1) is 17.8. The maximum Gasteiger partial charge on any atom is 0.259 e. The van der Waals surface area contributed by atoms with E-state index in [1.807, 2.05) is 0 Å². The predicted molar refractivity (Wildman–Crippen MR) is 98.4 cm³/mol. The molecule has 0 spiro atoms. The predicted octanol–water partition coefficient (Wildman–Crippen LogP) is 4.59. The highest BCUT2D eigenvalue weighted by molar-refractivity contribution is 5.79. The highest BCUT2D eigenvalue weighted by atomic mass is 19.2. The van der Waals surface area contributed by atoms with Crippen LogP contribution in [0.25, 0.3) is 22.3 Å². The first-order chi connectivity index (χ1) is 13.5. The number of benzene rings is 3. The Labute approximate surface area is 157 Å². The number of rotatable bonds is 4. The fourth-order valence-corrected chi connectivity index (χ4v) is 2.76. The van der Waals surface area contributed by atoms with Crippen molar-refractivity contribution in [2.45, 2.75) is 6.61 Å². The second-order valence-corrected chi connectivity index (χ2v) is 6.09. The van der Waals surface area contributed by atoms with Gasteiger partial charge >= 0.3 is 0 Å². The van der Waals surface area contributed by atoms with Crippen LogP contribution in [0.4, 0.5) is 13.2 Å². The van der Waals surface area contributed by atoms with E-state index in [4.69, 9.17) is 4.74 Å². The number of H-pyrrole nitrogens is 1. The van der Waals surface area contributed by atoms with Gasteiger partial charge in [-0.15, -0.1) is 0 Å². The minimum absolute atomic E-state index is 0.0378. The average molecular weight is 382 g/mol. The summed E-state index contributed by atoms with van der Waals surface area (Å²) >= 11 is 0. The Hall–Kier alpha value is -3.61. The number of halogens is 3. The Kier molecular flexibility index (Phi) is 4.57. The summed E-state index contributed by atoms with van der Waals surface area (Å²) in [4.78, 5) is 19.4. The lowest BCUT2D eigenvalue weighted by Crippen LogP contribution is -2.09. The van der Waals surface area contributed by atoms with Gasteiger partial charge in [0.15, 0.2) is 17.4 Å². The maximum atomic E-state index is 13.6. The zero-order chi connectivity index (χ0) is 19.7. The Morgan fingerprint density at radius 1 is 0.893 bits per heavy atom. The van der Waals surface area contributed by atoms with Gasteiger partial charge < -0.3 is 9.72 Å². The van der Waals surface area contributed by atoms with Crippen LogP contribution in [0.3, 0.4) is 0 Å². The molecule has 1 heterocycles. The third-order valence-corrected chi connectivity index (χ3v) is 4.23. The van der Waals surface area contributed by atoms with Gasteiger partial charge in [-0.3, -0.25) is 4.79 Å². The highest BCUT2D eigenvalue weighted by Crippen LogP contribution is 2.23. The lowest BCUT2D eigenvalue weighted by molar-refractivity contribution is 0.281. The van der Waals surface area contributed by atoms with Gasteiger partial charge in [0.2, 0.25) is 5.82 Å². The number of aromatic amines is 1. The zero-order valence-corrected chi connectivity index (χ0v) is 14.4. The molecule has 3 aromatic carbocycles. The van der Waals surface area contributed by atoms with Crippen LogP contribution in [0, 0.1) is 17.5 Å². The number of nitrogens with zero attached hydrogens (tertiary/aromatic N) is 1. The molecule has 0 saturated heterocycles. The van der Waals surface area contributed by atoms with E-state index >= 15 is 0 Å². The molecule has 0 aliphatic rings. The summed E-state index contributed by atoms with van der Waals surface area (Å²) in [6.45, 7) is -0.0378. The van der Waals surface area contributed by atoms with Crippen molar-refractivity contribution < 1.29 is 17.9 Å². The second kappa shape index (κ2) is 7.19. The smallest absolute Gasteiger partial charge is 0.259 e. The molecule has 0 bridgehead atoms. The zero-order valence-electron chi connectivity index (χ0n) is 14.4. The van der Waals surface area contributed by atoms with Crippen molar-refractivity contribution in [3.8, 4) is 17.1 Å². The number of hydrogen-bond donors (Lipinski definition) is 1. The molecule has 28 heavy (non-hydrogen) atoms. The highest BCUT2D eigenvalue weighted by Gasteiger charge is 2.14. The topological polar surface area (TPSA) is 55.0 Å². The third-order valence-electron chi connectivity index (χ3n) is 4.23. The molecule has 1 aromatic heterocycles. The summed E-state index contributed by atoms with van der Waals surface area (Å²) in [5, 5.41) is 0.504. The quantitative estimate of drug-likeness (QED) is 0.526. The van der Waals surface area contributed by atoms with Crippen molar-refractivity contribution >= 4 is 10.9 Å². The first-order valence-electron chi connectivity index (χ1n) is 8.37. The molecule has 4 rings (SSSR count). The number of fused-ring (bicyclic) bond motifs is 1. The monoisotopic (exact) mass is 382 g/mol. The third kappa shape index (κ3) is 3.34. The first-order valence-corrected chi connectivity index (χ1v) is 8.37. The van der Waals surface area contributed by atoms with E-state index < -0.39 is 17.5 Å². The number of para-hydroxylation sites is 1. The number of hydrogen-bond acceptors (Lipinski definition) is 3. The van der Waals surface area contributed by atoms with Crippen LogP contribution in [-0.2, 0) is 6.61 Å². The molecular formula is C21H13F3N2O2. The van der Waals surface area contributed by atoms with Crippen LogP contribution >= 0.6 is 0 Å². The summed E-state index contributed by atoms with van der Waals surface area (Å²) in [6.07, 6.45) is 0. The number of nitrogens with one attached hydrogen (secondary N) is 1. The molecule has 0 radical (unpaired) electrons. The molecule has 7 heteroatoms.